The van der Waals surface area contributed by atoms with Crippen molar-refractivity contribution in [2.24, 2.45) is 0 Å². The summed E-state index contributed by atoms with van der Waals surface area (Å²) in [4.78, 5) is 17.9. The molecule has 0 aliphatic carbocycles. The van der Waals surface area contributed by atoms with Crippen LogP contribution < -0.4 is 4.90 Å². The third-order valence-electron chi connectivity index (χ3n) is 3.66. The van der Waals surface area contributed by atoms with E-state index in [4.69, 9.17) is 5.26 Å². The van der Waals surface area contributed by atoms with E-state index in [1.165, 1.54) is 7.11 Å². The quantitative estimate of drug-likeness (QED) is 0.299. The lowest BCUT2D eigenvalue weighted by Gasteiger charge is -2.26. The van der Waals surface area contributed by atoms with Crippen LogP contribution in [-0.4, -0.2) is 46.0 Å². The van der Waals surface area contributed by atoms with Gasteiger partial charge in [0, 0.05) is 23.4 Å². The Balaban J connectivity index is 0.00000153. The summed E-state index contributed by atoms with van der Waals surface area (Å²) >= 11 is 0. The Morgan fingerprint density at radius 1 is 1.19 bits per heavy atom. The van der Waals surface area contributed by atoms with Crippen molar-refractivity contribution in [1.82, 2.24) is 0 Å². The van der Waals surface area contributed by atoms with E-state index in [1.807, 2.05) is 25.3 Å². The highest BCUT2D eigenvalue weighted by molar-refractivity contribution is 8.76. The Hall–Kier alpha value is -0.810. The number of carbonyl (C=O) groups is 1. The molecule has 0 heterocycles. The number of anilines is 1. The van der Waals surface area contributed by atoms with E-state index in [-0.39, 0.29) is 23.9 Å². The number of aliphatic hydroxyl groups excluding tert-OH is 2. The van der Waals surface area contributed by atoms with Crippen molar-refractivity contribution < 1.29 is 30.2 Å². The fourth-order valence-electron chi connectivity index (χ4n) is 2.39. The Kier molecular flexibility index (Phi) is 13.8. The van der Waals surface area contributed by atoms with Crippen LogP contribution in [0.3, 0.4) is 0 Å². The van der Waals surface area contributed by atoms with Crippen molar-refractivity contribution >= 4 is 33.2 Å². The summed E-state index contributed by atoms with van der Waals surface area (Å²) in [5, 5.41) is 28.9. The molecule has 0 fully saturated rings. The van der Waals surface area contributed by atoms with Crippen LogP contribution >= 0.6 is 21.6 Å². The zero-order chi connectivity index (χ0) is 20.9. The molecule has 156 valence electrons. The number of hydrogen-bond donors (Lipinski definition) is 3. The number of carbonyl (C=O) groups excluding carboxylic acids is 1. The molecule has 1 aromatic carbocycles. The normalized spacial score (nSPS) is 11.0. The summed E-state index contributed by atoms with van der Waals surface area (Å²) in [6, 6.07) is 5.37. The van der Waals surface area contributed by atoms with Crippen LogP contribution in [0.15, 0.2) is 18.2 Å². The van der Waals surface area contributed by atoms with E-state index in [9.17, 15) is 15.0 Å². The summed E-state index contributed by atoms with van der Waals surface area (Å²) in [5.41, 5.74) is 2.15. The van der Waals surface area contributed by atoms with Gasteiger partial charge in [0.25, 0.3) is 0 Å². The average Bonchev–Trinajstić information content (AvgIpc) is 2.66. The molecule has 0 radical (unpaired) electrons. The van der Waals surface area contributed by atoms with Gasteiger partial charge in [0.2, 0.25) is 5.91 Å². The summed E-state index contributed by atoms with van der Waals surface area (Å²) in [6.07, 6.45) is 3.33. The molecule has 0 aliphatic rings. The predicted octanol–water partition coefficient (Wildman–Crippen LogP) is 3.63. The molecule has 0 aliphatic heterocycles. The molecule has 0 unspecified atom stereocenters. The molecule has 7 nitrogen and oxygen atoms in total. The zero-order valence-electron chi connectivity index (χ0n) is 16.6. The van der Waals surface area contributed by atoms with Gasteiger partial charge in [0.15, 0.2) is 0 Å². The average molecular weight is 422 g/mol. The van der Waals surface area contributed by atoms with Gasteiger partial charge in [-0.2, -0.15) is 0 Å². The van der Waals surface area contributed by atoms with Gasteiger partial charge >= 0.3 is 0 Å². The molecule has 1 amide bonds. The van der Waals surface area contributed by atoms with E-state index >= 15 is 0 Å². The zero-order valence-corrected chi connectivity index (χ0v) is 18.2. The fraction of sp³-hybridized carbons (Fsp3) is 0.611. The first-order valence-corrected chi connectivity index (χ1v) is 11.0. The van der Waals surface area contributed by atoms with Crippen LogP contribution in [0.1, 0.15) is 44.7 Å². The van der Waals surface area contributed by atoms with Crippen molar-refractivity contribution in [2.75, 3.05) is 24.8 Å². The van der Waals surface area contributed by atoms with Gasteiger partial charge in [-0.25, -0.2) is 10.1 Å². The minimum absolute atomic E-state index is 0.0533. The van der Waals surface area contributed by atoms with Crippen molar-refractivity contribution in [2.45, 2.75) is 51.6 Å². The van der Waals surface area contributed by atoms with E-state index < -0.39 is 0 Å². The van der Waals surface area contributed by atoms with Crippen LogP contribution in [-0.2, 0) is 27.9 Å². The Morgan fingerprint density at radius 2 is 1.70 bits per heavy atom. The number of aliphatic hydroxyl groups is 2. The first-order chi connectivity index (χ1) is 12.8. The molecule has 3 N–H and O–H groups in total. The van der Waals surface area contributed by atoms with E-state index in [1.54, 1.807) is 32.6 Å². The van der Waals surface area contributed by atoms with E-state index in [2.05, 4.69) is 23.8 Å². The summed E-state index contributed by atoms with van der Waals surface area (Å²) in [5.74, 6) is 0.0706. The van der Waals surface area contributed by atoms with Gasteiger partial charge in [-0.1, -0.05) is 32.7 Å². The Labute approximate surface area is 169 Å². The largest absolute Gasteiger partial charge is 0.392 e. The number of hydrogen-bond acceptors (Lipinski definition) is 8. The topological polar surface area (TPSA) is 99.5 Å². The second-order valence-electron chi connectivity index (χ2n) is 6.21. The molecule has 27 heavy (non-hydrogen) atoms. The molecular formula is C18H31NO6S2. The molecule has 0 saturated heterocycles. The molecule has 0 saturated carbocycles. The van der Waals surface area contributed by atoms with Crippen LogP contribution in [0.2, 0.25) is 0 Å². The van der Waals surface area contributed by atoms with Gasteiger partial charge in [0.1, 0.15) is 0 Å². The van der Waals surface area contributed by atoms with Gasteiger partial charge in [-0.15, -0.1) is 0 Å². The van der Waals surface area contributed by atoms with Gasteiger partial charge in [-0.3, -0.25) is 4.79 Å². The van der Waals surface area contributed by atoms with Crippen molar-refractivity contribution in [3.63, 3.8) is 0 Å². The highest BCUT2D eigenvalue weighted by Crippen LogP contribution is 2.37. The van der Waals surface area contributed by atoms with Crippen LogP contribution in [0, 0.1) is 0 Å². The monoisotopic (exact) mass is 421 g/mol. The minimum atomic E-state index is -0.107. The fourth-order valence-corrected chi connectivity index (χ4v) is 4.63. The number of amides is 1. The first-order valence-electron chi connectivity index (χ1n) is 8.49. The Bertz CT molecular complexity index is 532. The number of nitrogens with zero attached hydrogens (tertiary/aromatic N) is 1. The molecule has 0 bridgehead atoms. The summed E-state index contributed by atoms with van der Waals surface area (Å²) in [6.45, 7) is 6.58. The van der Waals surface area contributed by atoms with Gasteiger partial charge in [0.05, 0.1) is 20.3 Å². The Morgan fingerprint density at radius 3 is 2.07 bits per heavy atom. The molecule has 1 aromatic rings. The standard InChI is InChI=1S/C17H27NO3S2.CH4O3/c1-5-18(16(21)6-7-17(2,3)23-22-4)15-9-13(11-19)8-14(10-15)12-20;1-3-4-2/h8-10,19-20H,5-7,11-12H2,1-4H3;2H,1H3. The summed E-state index contributed by atoms with van der Waals surface area (Å²) in [7, 11) is 4.71. The second kappa shape index (κ2) is 14.2. The third kappa shape index (κ3) is 10.3. The molecule has 0 atom stereocenters. The van der Waals surface area contributed by atoms with Crippen LogP contribution in [0.25, 0.3) is 0 Å². The molecular weight excluding hydrogens is 390 g/mol. The van der Waals surface area contributed by atoms with Gasteiger partial charge in [-0.05, 0) is 56.7 Å². The lowest BCUT2D eigenvalue weighted by atomic mass is 10.1. The summed E-state index contributed by atoms with van der Waals surface area (Å²) < 4.78 is 0.0533. The SMILES string of the molecule is CCN(C(=O)CCC(C)(C)SSC)c1cc(CO)cc(CO)c1.COOO. The lowest BCUT2D eigenvalue weighted by Crippen LogP contribution is -2.32. The minimum Gasteiger partial charge on any atom is -0.392 e. The van der Waals surface area contributed by atoms with Crippen LogP contribution in [0.5, 0.6) is 0 Å². The molecule has 1 rings (SSSR count). The van der Waals surface area contributed by atoms with Crippen molar-refractivity contribution in [3.05, 3.63) is 29.3 Å². The first kappa shape index (κ1) is 26.2. The number of benzene rings is 1. The molecule has 0 aromatic heterocycles. The maximum absolute atomic E-state index is 12.6. The maximum atomic E-state index is 12.6. The number of rotatable bonds is 10. The second-order valence-corrected chi connectivity index (χ2v) is 9.32. The van der Waals surface area contributed by atoms with Crippen LogP contribution in [0.4, 0.5) is 5.69 Å². The van der Waals surface area contributed by atoms with Gasteiger partial charge < -0.3 is 15.1 Å². The molecule has 9 heteroatoms. The van der Waals surface area contributed by atoms with E-state index in [0.717, 1.165) is 12.1 Å². The molecule has 0 spiro atoms. The van der Waals surface area contributed by atoms with E-state index in [0.29, 0.717) is 24.1 Å². The van der Waals surface area contributed by atoms with Crippen molar-refractivity contribution in [3.8, 4) is 0 Å². The smallest absolute Gasteiger partial charge is 0.227 e. The van der Waals surface area contributed by atoms with Crippen molar-refractivity contribution in [1.29, 1.82) is 0 Å². The highest BCUT2D eigenvalue weighted by Gasteiger charge is 2.22. The lowest BCUT2D eigenvalue weighted by molar-refractivity contribution is -0.479. The predicted molar refractivity (Wildman–Crippen MR) is 111 cm³/mol. The maximum Gasteiger partial charge on any atom is 0.227 e. The highest BCUT2D eigenvalue weighted by atomic mass is 33.1. The third-order valence-corrected chi connectivity index (χ3v) is 6.33.